The van der Waals surface area contributed by atoms with Crippen LogP contribution < -0.4 is 5.73 Å². The van der Waals surface area contributed by atoms with E-state index in [4.69, 9.17) is 5.73 Å². The molecule has 1 aliphatic rings. The largest absolute Gasteiger partial charge is 0.340 e. The SMILES string of the molecule is CC(N)CC(=O)N1CCN(Cc2nccn2C(F)F)CC1. The molecule has 0 radical (unpaired) electrons. The van der Waals surface area contributed by atoms with Crippen LogP contribution in [0.2, 0.25) is 0 Å². The fourth-order valence-corrected chi connectivity index (χ4v) is 2.40. The van der Waals surface area contributed by atoms with Crippen molar-refractivity contribution in [3.8, 4) is 0 Å². The van der Waals surface area contributed by atoms with Gasteiger partial charge >= 0.3 is 6.55 Å². The first-order valence-electron chi connectivity index (χ1n) is 7.03. The average molecular weight is 301 g/mol. The molecule has 1 saturated heterocycles. The first kappa shape index (κ1) is 15.8. The molecule has 1 fully saturated rings. The van der Waals surface area contributed by atoms with Gasteiger partial charge in [0.05, 0.1) is 6.54 Å². The Balaban J connectivity index is 1.84. The average Bonchev–Trinajstić information content (AvgIpc) is 2.87. The predicted molar refractivity (Wildman–Crippen MR) is 73.6 cm³/mol. The van der Waals surface area contributed by atoms with Crippen molar-refractivity contribution >= 4 is 5.91 Å². The highest BCUT2D eigenvalue weighted by Crippen LogP contribution is 2.15. The number of piperazine rings is 1. The summed E-state index contributed by atoms with van der Waals surface area (Å²) < 4.78 is 26.4. The second kappa shape index (κ2) is 6.95. The summed E-state index contributed by atoms with van der Waals surface area (Å²) in [6.45, 7) is 2.10. The van der Waals surface area contributed by atoms with E-state index >= 15 is 0 Å². The lowest BCUT2D eigenvalue weighted by atomic mass is 10.2. The molecule has 0 bridgehead atoms. The summed E-state index contributed by atoms with van der Waals surface area (Å²) in [5.41, 5.74) is 5.62. The Morgan fingerprint density at radius 1 is 1.38 bits per heavy atom. The van der Waals surface area contributed by atoms with E-state index in [1.54, 1.807) is 11.8 Å². The molecule has 2 rings (SSSR count). The van der Waals surface area contributed by atoms with Gasteiger partial charge in [-0.15, -0.1) is 0 Å². The number of alkyl halides is 2. The molecule has 8 heteroatoms. The van der Waals surface area contributed by atoms with Gasteiger partial charge in [0, 0.05) is 51.0 Å². The van der Waals surface area contributed by atoms with E-state index in [9.17, 15) is 13.6 Å². The van der Waals surface area contributed by atoms with Crippen LogP contribution in [0, 0.1) is 0 Å². The van der Waals surface area contributed by atoms with E-state index in [1.807, 2.05) is 4.90 Å². The van der Waals surface area contributed by atoms with Crippen LogP contribution in [0.1, 0.15) is 25.7 Å². The zero-order valence-electron chi connectivity index (χ0n) is 12.1. The Morgan fingerprint density at radius 2 is 2.05 bits per heavy atom. The number of hydrogen-bond donors (Lipinski definition) is 1. The first-order chi connectivity index (χ1) is 9.97. The molecule has 1 atom stereocenters. The number of rotatable bonds is 5. The molecule has 0 saturated carbocycles. The van der Waals surface area contributed by atoms with Crippen molar-refractivity contribution in [2.45, 2.75) is 32.5 Å². The van der Waals surface area contributed by atoms with Crippen molar-refractivity contribution in [3.05, 3.63) is 18.2 Å². The van der Waals surface area contributed by atoms with Crippen LogP contribution in [0.25, 0.3) is 0 Å². The van der Waals surface area contributed by atoms with Gasteiger partial charge in [0.15, 0.2) is 0 Å². The fourth-order valence-electron chi connectivity index (χ4n) is 2.40. The van der Waals surface area contributed by atoms with Crippen molar-refractivity contribution in [2.24, 2.45) is 5.73 Å². The lowest BCUT2D eigenvalue weighted by molar-refractivity contribution is -0.133. The Labute approximate surface area is 122 Å². The second-order valence-electron chi connectivity index (χ2n) is 5.37. The third-order valence-corrected chi connectivity index (χ3v) is 3.55. The van der Waals surface area contributed by atoms with Crippen LogP contribution in [0.15, 0.2) is 12.4 Å². The molecule has 1 amide bonds. The Morgan fingerprint density at radius 3 is 2.62 bits per heavy atom. The maximum absolute atomic E-state index is 12.7. The zero-order chi connectivity index (χ0) is 15.4. The molecular weight excluding hydrogens is 280 g/mol. The maximum atomic E-state index is 12.7. The molecule has 1 aromatic rings. The van der Waals surface area contributed by atoms with E-state index in [0.717, 1.165) is 4.57 Å². The van der Waals surface area contributed by atoms with E-state index in [2.05, 4.69) is 4.98 Å². The Kier molecular flexibility index (Phi) is 5.24. The summed E-state index contributed by atoms with van der Waals surface area (Å²) in [6.07, 6.45) is 3.00. The van der Waals surface area contributed by atoms with Crippen molar-refractivity contribution in [1.82, 2.24) is 19.4 Å². The molecule has 1 aromatic heterocycles. The van der Waals surface area contributed by atoms with Gasteiger partial charge in [0.25, 0.3) is 0 Å². The number of halogens is 2. The summed E-state index contributed by atoms with van der Waals surface area (Å²) in [5.74, 6) is 0.402. The maximum Gasteiger partial charge on any atom is 0.319 e. The van der Waals surface area contributed by atoms with Gasteiger partial charge < -0.3 is 10.6 Å². The quantitative estimate of drug-likeness (QED) is 0.867. The number of aromatic nitrogens is 2. The minimum absolute atomic E-state index is 0.0544. The minimum atomic E-state index is -2.57. The molecule has 1 unspecified atom stereocenters. The standard InChI is InChI=1S/C13H21F2N5O/c1-10(16)8-12(21)19-6-4-18(5-7-19)9-11-17-2-3-20(11)13(14)15/h2-3,10,13H,4-9,16H2,1H3. The van der Waals surface area contributed by atoms with Gasteiger partial charge in [-0.05, 0) is 6.92 Å². The first-order valence-corrected chi connectivity index (χ1v) is 7.03. The smallest absolute Gasteiger partial charge is 0.319 e. The second-order valence-corrected chi connectivity index (χ2v) is 5.37. The van der Waals surface area contributed by atoms with E-state index in [1.165, 1.54) is 12.4 Å². The number of nitrogens with zero attached hydrogens (tertiary/aromatic N) is 4. The summed E-state index contributed by atoms with van der Waals surface area (Å²) in [4.78, 5) is 19.7. The zero-order valence-corrected chi connectivity index (χ0v) is 12.1. The van der Waals surface area contributed by atoms with Gasteiger partial charge in [-0.3, -0.25) is 14.3 Å². The Hall–Kier alpha value is -1.54. The topological polar surface area (TPSA) is 67.4 Å². The van der Waals surface area contributed by atoms with Crippen LogP contribution in [0.4, 0.5) is 8.78 Å². The minimum Gasteiger partial charge on any atom is -0.340 e. The molecule has 118 valence electrons. The van der Waals surface area contributed by atoms with Gasteiger partial charge in [-0.2, -0.15) is 8.78 Å². The molecule has 21 heavy (non-hydrogen) atoms. The summed E-state index contributed by atoms with van der Waals surface area (Å²) in [6, 6.07) is -0.144. The monoisotopic (exact) mass is 301 g/mol. The van der Waals surface area contributed by atoms with Crippen LogP contribution in [0.3, 0.4) is 0 Å². The van der Waals surface area contributed by atoms with Gasteiger partial charge in [-0.1, -0.05) is 0 Å². The number of imidazole rings is 1. The number of hydrogen-bond acceptors (Lipinski definition) is 4. The number of amides is 1. The van der Waals surface area contributed by atoms with Gasteiger partial charge in [-0.25, -0.2) is 4.98 Å². The highest BCUT2D eigenvalue weighted by Gasteiger charge is 2.23. The normalized spacial score (nSPS) is 18.2. The lowest BCUT2D eigenvalue weighted by Crippen LogP contribution is -2.49. The van der Waals surface area contributed by atoms with Crippen LogP contribution >= 0.6 is 0 Å². The Bertz CT molecular complexity index is 469. The van der Waals surface area contributed by atoms with Crippen LogP contribution in [0.5, 0.6) is 0 Å². The third kappa shape index (κ3) is 4.21. The van der Waals surface area contributed by atoms with Crippen molar-refractivity contribution < 1.29 is 13.6 Å². The molecule has 0 spiro atoms. The van der Waals surface area contributed by atoms with E-state index in [-0.39, 0.29) is 11.9 Å². The molecule has 6 nitrogen and oxygen atoms in total. The van der Waals surface area contributed by atoms with E-state index in [0.29, 0.717) is 45.0 Å². The molecule has 0 aromatic carbocycles. The molecule has 0 aliphatic carbocycles. The van der Waals surface area contributed by atoms with Crippen LogP contribution in [-0.2, 0) is 11.3 Å². The molecular formula is C13H21F2N5O. The summed E-state index contributed by atoms with van der Waals surface area (Å²) in [5, 5.41) is 0. The van der Waals surface area contributed by atoms with E-state index < -0.39 is 6.55 Å². The molecule has 1 aliphatic heterocycles. The van der Waals surface area contributed by atoms with Gasteiger partial charge in [0.2, 0.25) is 5.91 Å². The number of nitrogens with two attached hydrogens (primary N) is 1. The van der Waals surface area contributed by atoms with Crippen LogP contribution in [-0.4, -0.2) is 57.5 Å². The number of carbonyl (C=O) groups excluding carboxylic acids is 1. The molecule has 2 heterocycles. The summed E-state index contributed by atoms with van der Waals surface area (Å²) in [7, 11) is 0. The third-order valence-electron chi connectivity index (χ3n) is 3.55. The fraction of sp³-hybridized carbons (Fsp3) is 0.692. The summed E-state index contributed by atoms with van der Waals surface area (Å²) >= 11 is 0. The highest BCUT2D eigenvalue weighted by molar-refractivity contribution is 5.76. The van der Waals surface area contributed by atoms with Crippen molar-refractivity contribution in [1.29, 1.82) is 0 Å². The van der Waals surface area contributed by atoms with Gasteiger partial charge in [0.1, 0.15) is 5.82 Å². The lowest BCUT2D eigenvalue weighted by Gasteiger charge is -2.34. The van der Waals surface area contributed by atoms with Crippen molar-refractivity contribution in [3.63, 3.8) is 0 Å². The predicted octanol–water partition coefficient (Wildman–Crippen LogP) is 0.660. The number of carbonyl (C=O) groups is 1. The van der Waals surface area contributed by atoms with Crippen molar-refractivity contribution in [2.75, 3.05) is 26.2 Å². The highest BCUT2D eigenvalue weighted by atomic mass is 19.3. The molecule has 2 N–H and O–H groups in total.